The molecule has 0 aliphatic carbocycles. The third-order valence-corrected chi connectivity index (χ3v) is 9.16. The van der Waals surface area contributed by atoms with Crippen molar-refractivity contribution < 1.29 is 5.11 Å². The molecule has 0 rings (SSSR count). The fourth-order valence-electron chi connectivity index (χ4n) is 6.09. The summed E-state index contributed by atoms with van der Waals surface area (Å²) in [5.41, 5.74) is 0. The number of aliphatic hydroxyl groups is 1. The van der Waals surface area contributed by atoms with Crippen LogP contribution < -0.4 is 5.32 Å². The zero-order chi connectivity index (χ0) is 29.7. The first kappa shape index (κ1) is 41.2. The monoisotopic (exact) mass is 614 g/mol. The summed E-state index contributed by atoms with van der Waals surface area (Å²) >= 11 is 8.99. The number of aliphatic hydroxyl groups excluding tert-OH is 1. The molecule has 4 heteroatoms. The van der Waals surface area contributed by atoms with Crippen LogP contribution in [0.25, 0.3) is 0 Å². The smallest absolute Gasteiger partial charge is 0.130 e. The van der Waals surface area contributed by atoms with E-state index in [9.17, 15) is 0 Å². The second kappa shape index (κ2) is 38.2. The number of rotatable bonds is 36. The number of nitrogens with one attached hydrogen (secondary N) is 1. The SMILES string of the molecule is OCCCCCCCCCCCCCCCCCCCCCCCCCCCCCCCCCCCCNC(=S)S. The van der Waals surface area contributed by atoms with Gasteiger partial charge in [-0.25, -0.2) is 0 Å². The van der Waals surface area contributed by atoms with Gasteiger partial charge in [0.2, 0.25) is 0 Å². The van der Waals surface area contributed by atoms with Crippen molar-refractivity contribution in [3.8, 4) is 0 Å². The van der Waals surface area contributed by atoms with Crippen molar-refractivity contribution in [2.75, 3.05) is 13.2 Å². The van der Waals surface area contributed by atoms with Gasteiger partial charge in [-0.05, 0) is 12.8 Å². The average molecular weight is 614 g/mol. The third-order valence-electron chi connectivity index (χ3n) is 8.86. The van der Waals surface area contributed by atoms with Crippen LogP contribution in [-0.2, 0) is 0 Å². The van der Waals surface area contributed by atoms with Crippen LogP contribution in [0.4, 0.5) is 0 Å². The van der Waals surface area contributed by atoms with E-state index in [-0.39, 0.29) is 0 Å². The van der Waals surface area contributed by atoms with Crippen LogP contribution in [-0.4, -0.2) is 22.6 Å². The number of hydrogen-bond donors (Lipinski definition) is 3. The molecule has 0 amide bonds. The van der Waals surface area contributed by atoms with E-state index in [4.69, 9.17) is 17.3 Å². The zero-order valence-corrected chi connectivity index (χ0v) is 29.5. The van der Waals surface area contributed by atoms with E-state index in [1.807, 2.05) is 0 Å². The Morgan fingerprint density at radius 1 is 0.341 bits per heavy atom. The molecule has 0 saturated heterocycles. The molecule has 0 aliphatic rings. The van der Waals surface area contributed by atoms with Crippen molar-refractivity contribution in [3.05, 3.63) is 0 Å². The number of thiocarbonyl (C=S) groups is 1. The van der Waals surface area contributed by atoms with Gasteiger partial charge in [-0.3, -0.25) is 0 Å². The molecular weight excluding hydrogens is 539 g/mol. The van der Waals surface area contributed by atoms with Crippen molar-refractivity contribution in [2.24, 2.45) is 0 Å². The molecule has 0 aromatic heterocycles. The molecule has 0 fully saturated rings. The highest BCUT2D eigenvalue weighted by Crippen LogP contribution is 2.17. The van der Waals surface area contributed by atoms with Crippen molar-refractivity contribution in [1.29, 1.82) is 0 Å². The molecule has 0 aromatic carbocycles. The molecular formula is C37H75NOS2. The van der Waals surface area contributed by atoms with E-state index < -0.39 is 0 Å². The highest BCUT2D eigenvalue weighted by Gasteiger charge is 1.97. The highest BCUT2D eigenvalue weighted by atomic mass is 32.1. The van der Waals surface area contributed by atoms with Gasteiger partial charge in [0.05, 0.1) is 0 Å². The Morgan fingerprint density at radius 3 is 0.683 bits per heavy atom. The van der Waals surface area contributed by atoms with Gasteiger partial charge in [0, 0.05) is 13.2 Å². The Bertz CT molecular complexity index is 488. The van der Waals surface area contributed by atoms with Gasteiger partial charge in [-0.2, -0.15) is 0 Å². The van der Waals surface area contributed by atoms with Crippen molar-refractivity contribution in [1.82, 2.24) is 5.32 Å². The van der Waals surface area contributed by atoms with Gasteiger partial charge < -0.3 is 10.4 Å². The first-order valence-electron chi connectivity index (χ1n) is 18.8. The van der Waals surface area contributed by atoms with Crippen molar-refractivity contribution in [3.63, 3.8) is 0 Å². The van der Waals surface area contributed by atoms with Gasteiger partial charge in [0.15, 0.2) is 0 Å². The molecule has 0 saturated carbocycles. The lowest BCUT2D eigenvalue weighted by molar-refractivity contribution is 0.282. The normalized spacial score (nSPS) is 11.4. The predicted molar refractivity (Wildman–Crippen MR) is 194 cm³/mol. The molecule has 0 bridgehead atoms. The first-order chi connectivity index (χ1) is 20.3. The summed E-state index contributed by atoms with van der Waals surface area (Å²) in [6.45, 7) is 1.36. The van der Waals surface area contributed by atoms with Gasteiger partial charge in [0.25, 0.3) is 0 Å². The zero-order valence-electron chi connectivity index (χ0n) is 27.8. The maximum Gasteiger partial charge on any atom is 0.130 e. The van der Waals surface area contributed by atoms with E-state index in [1.165, 1.54) is 212 Å². The Balaban J connectivity index is 3.03. The number of thiol groups is 1. The first-order valence-corrected chi connectivity index (χ1v) is 19.7. The predicted octanol–water partition coefficient (Wildman–Crippen LogP) is 13.0. The topological polar surface area (TPSA) is 32.3 Å². The van der Waals surface area contributed by atoms with E-state index in [0.717, 1.165) is 13.0 Å². The van der Waals surface area contributed by atoms with Crippen LogP contribution in [0, 0.1) is 0 Å². The lowest BCUT2D eigenvalue weighted by Crippen LogP contribution is -2.17. The molecule has 246 valence electrons. The molecule has 0 radical (unpaired) electrons. The number of unbranched alkanes of at least 4 members (excludes halogenated alkanes) is 33. The lowest BCUT2D eigenvalue weighted by Gasteiger charge is -2.05. The fraction of sp³-hybridized carbons (Fsp3) is 0.973. The second-order valence-corrected chi connectivity index (χ2v) is 14.1. The van der Waals surface area contributed by atoms with Crippen LogP contribution in [0.15, 0.2) is 0 Å². The quantitative estimate of drug-likeness (QED) is 0.0373. The van der Waals surface area contributed by atoms with E-state index in [2.05, 4.69) is 17.9 Å². The summed E-state index contributed by atoms with van der Waals surface area (Å²) in [6, 6.07) is 0. The largest absolute Gasteiger partial charge is 0.396 e. The van der Waals surface area contributed by atoms with Gasteiger partial charge in [-0.1, -0.05) is 218 Å². The Labute approximate surface area is 270 Å². The maximum atomic E-state index is 8.79. The lowest BCUT2D eigenvalue weighted by atomic mass is 10.0. The third kappa shape index (κ3) is 40.2. The molecule has 0 atom stereocenters. The summed E-state index contributed by atoms with van der Waals surface area (Å²) in [4.78, 5) is 0. The molecule has 0 aromatic rings. The van der Waals surface area contributed by atoms with Crippen LogP contribution >= 0.6 is 24.8 Å². The molecule has 41 heavy (non-hydrogen) atoms. The summed E-state index contributed by atoms with van der Waals surface area (Å²) in [7, 11) is 0. The van der Waals surface area contributed by atoms with E-state index in [1.54, 1.807) is 0 Å². The summed E-state index contributed by atoms with van der Waals surface area (Å²) in [5.74, 6) is 0. The fourth-order valence-corrected chi connectivity index (χ4v) is 6.30. The Hall–Kier alpha value is 0.200. The van der Waals surface area contributed by atoms with Gasteiger partial charge in [-0.15, -0.1) is 12.6 Å². The molecule has 2 nitrogen and oxygen atoms in total. The summed E-state index contributed by atoms with van der Waals surface area (Å²) in [6.07, 6.45) is 48.2. The highest BCUT2D eigenvalue weighted by molar-refractivity contribution is 8.11. The Morgan fingerprint density at radius 2 is 0.512 bits per heavy atom. The van der Waals surface area contributed by atoms with E-state index in [0.29, 0.717) is 10.9 Å². The average Bonchev–Trinajstić information content (AvgIpc) is 2.97. The van der Waals surface area contributed by atoms with Crippen LogP contribution in [0.2, 0.25) is 0 Å². The van der Waals surface area contributed by atoms with Crippen LogP contribution in [0.5, 0.6) is 0 Å². The minimum atomic E-state index is 0.372. The molecule has 0 aliphatic heterocycles. The van der Waals surface area contributed by atoms with Gasteiger partial charge >= 0.3 is 0 Å². The molecule has 0 heterocycles. The number of hydrogen-bond acceptors (Lipinski definition) is 2. The summed E-state index contributed by atoms with van der Waals surface area (Å²) in [5, 5.41) is 11.9. The minimum Gasteiger partial charge on any atom is -0.396 e. The van der Waals surface area contributed by atoms with Gasteiger partial charge in [0.1, 0.15) is 4.32 Å². The molecule has 0 unspecified atom stereocenters. The molecule has 2 N–H and O–H groups in total. The van der Waals surface area contributed by atoms with Crippen molar-refractivity contribution in [2.45, 2.75) is 218 Å². The Kier molecular flexibility index (Phi) is 38.4. The molecule has 0 spiro atoms. The van der Waals surface area contributed by atoms with E-state index >= 15 is 0 Å². The van der Waals surface area contributed by atoms with Crippen LogP contribution in [0.1, 0.15) is 218 Å². The van der Waals surface area contributed by atoms with Crippen LogP contribution in [0.3, 0.4) is 0 Å². The summed E-state index contributed by atoms with van der Waals surface area (Å²) < 4.78 is 0.628. The van der Waals surface area contributed by atoms with Crippen molar-refractivity contribution >= 4 is 29.2 Å². The second-order valence-electron chi connectivity index (χ2n) is 13.0. The standard InChI is InChI=1S/C37H75NOS2/c39-36-34-32-30-28-26-24-22-20-18-16-14-12-10-8-6-4-2-1-3-5-7-9-11-13-15-17-19-21-23-25-27-29-31-33-35-38-37(40)41/h39H,1-36H2,(H2,38,40,41). The minimum absolute atomic E-state index is 0.372. The maximum absolute atomic E-state index is 8.79.